The summed E-state index contributed by atoms with van der Waals surface area (Å²) in [6, 6.07) is 5.87. The second-order valence-electron chi connectivity index (χ2n) is 6.35. The molecule has 0 aliphatic carbocycles. The molecule has 2 aliphatic heterocycles. The maximum atomic E-state index is 5.61. The molecule has 1 unspecified atom stereocenters. The summed E-state index contributed by atoms with van der Waals surface area (Å²) in [6.45, 7) is 8.49. The van der Waals surface area contributed by atoms with Crippen molar-refractivity contribution in [2.45, 2.75) is 19.8 Å². The number of hydrogen-bond donors (Lipinski definition) is 2. The van der Waals surface area contributed by atoms with E-state index in [4.69, 9.17) is 9.73 Å². The first kappa shape index (κ1) is 19.2. The average molecular weight is 445 g/mol. The molecule has 3 heterocycles. The third kappa shape index (κ3) is 4.95. The highest BCUT2D eigenvalue weighted by atomic mass is 127. The van der Waals surface area contributed by atoms with Crippen LogP contribution in [0.1, 0.15) is 19.8 Å². The maximum absolute atomic E-state index is 5.61. The molecule has 2 aliphatic rings. The summed E-state index contributed by atoms with van der Waals surface area (Å²) < 4.78 is 5.61. The zero-order valence-electron chi connectivity index (χ0n) is 14.3. The van der Waals surface area contributed by atoms with Gasteiger partial charge < -0.3 is 20.3 Å². The highest BCUT2D eigenvalue weighted by Crippen LogP contribution is 2.38. The molecule has 1 spiro atoms. The summed E-state index contributed by atoms with van der Waals surface area (Å²) in [4.78, 5) is 11.4. The number of nitrogens with one attached hydrogen (secondary N) is 2. The van der Waals surface area contributed by atoms with E-state index in [0.29, 0.717) is 5.41 Å². The van der Waals surface area contributed by atoms with Crippen LogP contribution in [0.15, 0.2) is 29.4 Å². The number of ether oxygens (including phenoxy) is 1. The van der Waals surface area contributed by atoms with Crippen LogP contribution in [-0.2, 0) is 4.74 Å². The van der Waals surface area contributed by atoms with Gasteiger partial charge in [-0.1, -0.05) is 6.07 Å². The molecule has 1 aromatic heterocycles. The van der Waals surface area contributed by atoms with Crippen LogP contribution in [0, 0.1) is 5.41 Å². The molecule has 2 fully saturated rings. The third-order valence-corrected chi connectivity index (χ3v) is 4.60. The quantitative estimate of drug-likeness (QED) is 0.315. The summed E-state index contributed by atoms with van der Waals surface area (Å²) in [5, 5.41) is 6.72. The molecule has 6 nitrogen and oxygen atoms in total. The van der Waals surface area contributed by atoms with Gasteiger partial charge in [-0.05, 0) is 31.9 Å². The Labute approximate surface area is 161 Å². The Morgan fingerprint density at radius 1 is 1.42 bits per heavy atom. The fraction of sp³-hybridized carbons (Fsp3) is 0.647. The summed E-state index contributed by atoms with van der Waals surface area (Å²) in [6.07, 6.45) is 4.19. The minimum atomic E-state index is 0. The predicted molar refractivity (Wildman–Crippen MR) is 108 cm³/mol. The summed E-state index contributed by atoms with van der Waals surface area (Å²) in [5.41, 5.74) is 0.363. The van der Waals surface area contributed by atoms with Crippen LogP contribution in [0.4, 0.5) is 5.82 Å². The Morgan fingerprint density at radius 2 is 2.33 bits per heavy atom. The third-order valence-electron chi connectivity index (χ3n) is 4.60. The van der Waals surface area contributed by atoms with Crippen molar-refractivity contribution in [3.8, 4) is 0 Å². The number of hydrogen-bond acceptors (Lipinski definition) is 4. The van der Waals surface area contributed by atoms with Gasteiger partial charge in [-0.15, -0.1) is 24.0 Å². The van der Waals surface area contributed by atoms with Gasteiger partial charge >= 0.3 is 0 Å². The number of aromatic nitrogens is 1. The van der Waals surface area contributed by atoms with Crippen LogP contribution in [0.25, 0.3) is 0 Å². The van der Waals surface area contributed by atoms with Gasteiger partial charge in [-0.25, -0.2) is 4.98 Å². The van der Waals surface area contributed by atoms with Crippen molar-refractivity contribution < 1.29 is 4.74 Å². The first-order valence-electron chi connectivity index (χ1n) is 8.57. The van der Waals surface area contributed by atoms with E-state index in [1.165, 1.54) is 12.8 Å². The molecule has 1 aromatic rings. The van der Waals surface area contributed by atoms with Crippen molar-refractivity contribution in [1.29, 1.82) is 0 Å². The highest BCUT2D eigenvalue weighted by molar-refractivity contribution is 14.0. The fourth-order valence-electron chi connectivity index (χ4n) is 3.33. The molecule has 1 atom stereocenters. The second kappa shape index (κ2) is 9.41. The van der Waals surface area contributed by atoms with Gasteiger partial charge in [0.25, 0.3) is 0 Å². The van der Waals surface area contributed by atoms with Crippen molar-refractivity contribution in [2.75, 3.05) is 51.3 Å². The zero-order valence-corrected chi connectivity index (χ0v) is 16.7. The number of rotatable bonds is 5. The van der Waals surface area contributed by atoms with E-state index in [1.54, 1.807) is 6.20 Å². The topological polar surface area (TPSA) is 61.8 Å². The molecule has 3 rings (SSSR count). The fourth-order valence-corrected chi connectivity index (χ4v) is 3.33. The highest BCUT2D eigenvalue weighted by Gasteiger charge is 2.42. The standard InChI is InChI=1S/C17H27N5O.HI/c1-2-18-16(21-10-9-20-15-5-3-4-8-19-15)22-11-6-17(13-22)7-12-23-14-17;/h3-5,8H,2,6-7,9-14H2,1H3,(H,18,21)(H,19,20);1H. The van der Waals surface area contributed by atoms with Crippen LogP contribution >= 0.6 is 24.0 Å². The molecule has 2 saturated heterocycles. The van der Waals surface area contributed by atoms with E-state index in [-0.39, 0.29) is 24.0 Å². The Bertz CT molecular complexity index is 519. The van der Waals surface area contributed by atoms with Crippen molar-refractivity contribution in [2.24, 2.45) is 10.4 Å². The molecule has 0 bridgehead atoms. The van der Waals surface area contributed by atoms with E-state index in [0.717, 1.165) is 57.7 Å². The van der Waals surface area contributed by atoms with Gasteiger partial charge in [0.15, 0.2) is 5.96 Å². The van der Waals surface area contributed by atoms with Gasteiger partial charge in [-0.2, -0.15) is 0 Å². The van der Waals surface area contributed by atoms with Crippen LogP contribution < -0.4 is 10.6 Å². The summed E-state index contributed by atoms with van der Waals surface area (Å²) in [5.74, 6) is 1.93. The first-order chi connectivity index (χ1) is 11.3. The van der Waals surface area contributed by atoms with Crippen molar-refractivity contribution >= 4 is 35.8 Å². The average Bonchev–Trinajstić information content (AvgIpc) is 3.22. The number of pyridine rings is 1. The molecule has 0 aromatic carbocycles. The van der Waals surface area contributed by atoms with Crippen LogP contribution in [-0.4, -0.2) is 61.8 Å². The van der Waals surface area contributed by atoms with Crippen LogP contribution in [0.5, 0.6) is 0 Å². The summed E-state index contributed by atoms with van der Waals surface area (Å²) >= 11 is 0. The first-order valence-corrected chi connectivity index (χ1v) is 8.57. The van der Waals surface area contributed by atoms with Gasteiger partial charge in [0, 0.05) is 44.4 Å². The van der Waals surface area contributed by atoms with Gasteiger partial charge in [0.1, 0.15) is 5.82 Å². The Hall–Kier alpha value is -1.09. The molecule has 7 heteroatoms. The number of halogens is 1. The van der Waals surface area contributed by atoms with Crippen molar-refractivity contribution in [3.63, 3.8) is 0 Å². The molecular weight excluding hydrogens is 417 g/mol. The normalized spacial score (nSPS) is 23.4. The van der Waals surface area contributed by atoms with E-state index in [9.17, 15) is 0 Å². The lowest BCUT2D eigenvalue weighted by Crippen LogP contribution is -2.41. The van der Waals surface area contributed by atoms with Gasteiger partial charge in [0.2, 0.25) is 0 Å². The number of aliphatic imine (C=N–C) groups is 1. The largest absolute Gasteiger partial charge is 0.381 e. The van der Waals surface area contributed by atoms with Crippen LogP contribution in [0.3, 0.4) is 0 Å². The van der Waals surface area contributed by atoms with E-state index in [2.05, 4.69) is 27.4 Å². The van der Waals surface area contributed by atoms with E-state index in [1.807, 2.05) is 18.2 Å². The molecule has 24 heavy (non-hydrogen) atoms. The number of likely N-dealkylation sites (tertiary alicyclic amines) is 1. The van der Waals surface area contributed by atoms with Gasteiger partial charge in [-0.3, -0.25) is 4.99 Å². The Kier molecular flexibility index (Phi) is 7.54. The molecular formula is C17H28IN5O. The molecule has 0 saturated carbocycles. The Balaban J connectivity index is 0.00000208. The van der Waals surface area contributed by atoms with Crippen LogP contribution in [0.2, 0.25) is 0 Å². The molecule has 0 amide bonds. The maximum Gasteiger partial charge on any atom is 0.193 e. The number of nitrogens with zero attached hydrogens (tertiary/aromatic N) is 3. The summed E-state index contributed by atoms with van der Waals surface area (Å²) in [7, 11) is 0. The monoisotopic (exact) mass is 445 g/mol. The number of guanidine groups is 1. The zero-order chi connectivity index (χ0) is 16.0. The lowest BCUT2D eigenvalue weighted by atomic mass is 9.87. The molecule has 134 valence electrons. The smallest absolute Gasteiger partial charge is 0.193 e. The van der Waals surface area contributed by atoms with E-state index < -0.39 is 0 Å². The lowest BCUT2D eigenvalue weighted by Gasteiger charge is -2.25. The lowest BCUT2D eigenvalue weighted by molar-refractivity contribution is 0.156. The van der Waals surface area contributed by atoms with E-state index >= 15 is 0 Å². The van der Waals surface area contributed by atoms with Gasteiger partial charge in [0.05, 0.1) is 13.2 Å². The van der Waals surface area contributed by atoms with Crippen molar-refractivity contribution in [1.82, 2.24) is 15.2 Å². The molecule has 0 radical (unpaired) electrons. The number of anilines is 1. The predicted octanol–water partition coefficient (Wildman–Crippen LogP) is 2.19. The second-order valence-corrected chi connectivity index (χ2v) is 6.35. The SMILES string of the molecule is CCNC(=NCCNc1ccccn1)N1CCC2(CCOC2)C1.I. The minimum Gasteiger partial charge on any atom is -0.381 e. The molecule has 2 N–H and O–H groups in total. The Morgan fingerprint density at radius 3 is 3.04 bits per heavy atom. The minimum absolute atomic E-state index is 0. The van der Waals surface area contributed by atoms with Crippen molar-refractivity contribution in [3.05, 3.63) is 24.4 Å².